The number of amides is 1. The number of hydrogen-bond acceptors (Lipinski definition) is 6. The van der Waals surface area contributed by atoms with Gasteiger partial charge in [0.2, 0.25) is 0 Å². The van der Waals surface area contributed by atoms with Crippen LogP contribution in [0.2, 0.25) is 0 Å². The van der Waals surface area contributed by atoms with Gasteiger partial charge in [-0.25, -0.2) is 8.42 Å². The molecular formula is C26H28N2O6S. The fourth-order valence-corrected chi connectivity index (χ4v) is 5.53. The van der Waals surface area contributed by atoms with Crippen LogP contribution in [0.25, 0.3) is 0 Å². The predicted molar refractivity (Wildman–Crippen MR) is 133 cm³/mol. The maximum absolute atomic E-state index is 13.1. The SMILES string of the molecule is COc1ccc([C@@H](C)NC(=O)COc2ccc(S(=O)(=O)N3CCc4ccccc43)cc2)cc1OC. The molecule has 0 saturated carbocycles. The van der Waals surface area contributed by atoms with Gasteiger partial charge >= 0.3 is 0 Å². The monoisotopic (exact) mass is 496 g/mol. The first-order valence-electron chi connectivity index (χ1n) is 11.2. The third-order valence-electron chi connectivity index (χ3n) is 5.91. The molecule has 8 nitrogen and oxygen atoms in total. The van der Waals surface area contributed by atoms with Crippen molar-refractivity contribution in [1.29, 1.82) is 0 Å². The molecule has 4 rings (SSSR count). The van der Waals surface area contributed by atoms with Gasteiger partial charge in [-0.2, -0.15) is 0 Å². The highest BCUT2D eigenvalue weighted by atomic mass is 32.2. The first-order valence-corrected chi connectivity index (χ1v) is 12.6. The Bertz CT molecular complexity index is 1310. The molecule has 9 heteroatoms. The van der Waals surface area contributed by atoms with E-state index >= 15 is 0 Å². The lowest BCUT2D eigenvalue weighted by Gasteiger charge is -2.19. The summed E-state index contributed by atoms with van der Waals surface area (Å²) in [4.78, 5) is 12.6. The Kier molecular flexibility index (Phi) is 7.16. The van der Waals surface area contributed by atoms with Crippen LogP contribution in [0.15, 0.2) is 71.6 Å². The molecular weight excluding hydrogens is 468 g/mol. The summed E-state index contributed by atoms with van der Waals surface area (Å²) in [6, 6.07) is 18.8. The summed E-state index contributed by atoms with van der Waals surface area (Å²) in [5.41, 5.74) is 2.59. The van der Waals surface area contributed by atoms with Crippen LogP contribution >= 0.6 is 0 Å². The van der Waals surface area contributed by atoms with E-state index in [0.29, 0.717) is 35.9 Å². The third-order valence-corrected chi connectivity index (χ3v) is 7.74. The summed E-state index contributed by atoms with van der Waals surface area (Å²) in [5, 5.41) is 2.87. The molecule has 0 spiro atoms. The maximum Gasteiger partial charge on any atom is 0.264 e. The minimum absolute atomic E-state index is 0.174. The fraction of sp³-hybridized carbons (Fsp3) is 0.269. The zero-order chi connectivity index (χ0) is 25.0. The summed E-state index contributed by atoms with van der Waals surface area (Å²) in [7, 11) is -0.560. The van der Waals surface area contributed by atoms with E-state index in [1.165, 1.54) is 16.4 Å². The van der Waals surface area contributed by atoms with Crippen molar-refractivity contribution in [3.63, 3.8) is 0 Å². The quantitative estimate of drug-likeness (QED) is 0.485. The second kappa shape index (κ2) is 10.3. The molecule has 1 atom stereocenters. The smallest absolute Gasteiger partial charge is 0.264 e. The van der Waals surface area contributed by atoms with E-state index in [1.807, 2.05) is 43.3 Å². The summed E-state index contributed by atoms with van der Waals surface area (Å²) < 4.78 is 43.8. The number of hydrogen-bond donors (Lipinski definition) is 1. The minimum Gasteiger partial charge on any atom is -0.493 e. The number of para-hydroxylation sites is 1. The number of fused-ring (bicyclic) bond motifs is 1. The van der Waals surface area contributed by atoms with Crippen molar-refractivity contribution in [2.24, 2.45) is 0 Å². The fourth-order valence-electron chi connectivity index (χ4n) is 4.03. The first kappa shape index (κ1) is 24.4. The van der Waals surface area contributed by atoms with Crippen molar-refractivity contribution in [1.82, 2.24) is 5.32 Å². The number of carbonyl (C=O) groups is 1. The summed E-state index contributed by atoms with van der Waals surface area (Å²) in [5.74, 6) is 1.28. The zero-order valence-electron chi connectivity index (χ0n) is 19.9. The molecule has 0 aromatic heterocycles. The van der Waals surface area contributed by atoms with E-state index in [0.717, 1.165) is 11.1 Å². The largest absolute Gasteiger partial charge is 0.493 e. The van der Waals surface area contributed by atoms with Crippen molar-refractivity contribution in [2.75, 3.05) is 31.7 Å². The average molecular weight is 497 g/mol. The Morgan fingerprint density at radius 1 is 1.00 bits per heavy atom. The Labute approximate surface area is 205 Å². The van der Waals surface area contributed by atoms with Gasteiger partial charge in [-0.05, 0) is 66.9 Å². The molecule has 3 aromatic carbocycles. The molecule has 0 aliphatic carbocycles. The lowest BCUT2D eigenvalue weighted by Crippen LogP contribution is -2.31. The predicted octanol–water partition coefficient (Wildman–Crippen LogP) is 3.71. The highest BCUT2D eigenvalue weighted by Gasteiger charge is 2.30. The van der Waals surface area contributed by atoms with E-state index < -0.39 is 10.0 Å². The Balaban J connectivity index is 1.35. The molecule has 3 aromatic rings. The molecule has 1 amide bonds. The van der Waals surface area contributed by atoms with Gasteiger partial charge in [-0.3, -0.25) is 9.10 Å². The van der Waals surface area contributed by atoms with Gasteiger partial charge in [-0.1, -0.05) is 24.3 Å². The van der Waals surface area contributed by atoms with Crippen LogP contribution in [0.5, 0.6) is 17.2 Å². The van der Waals surface area contributed by atoms with E-state index in [9.17, 15) is 13.2 Å². The molecule has 0 fully saturated rings. The van der Waals surface area contributed by atoms with Crippen LogP contribution < -0.4 is 23.8 Å². The van der Waals surface area contributed by atoms with Gasteiger partial charge < -0.3 is 19.5 Å². The van der Waals surface area contributed by atoms with Crippen LogP contribution in [-0.4, -0.2) is 41.7 Å². The first-order chi connectivity index (χ1) is 16.8. The number of methoxy groups -OCH3 is 2. The number of benzene rings is 3. The molecule has 1 heterocycles. The molecule has 1 N–H and O–H groups in total. The number of anilines is 1. The van der Waals surface area contributed by atoms with Crippen LogP contribution in [0.3, 0.4) is 0 Å². The summed E-state index contributed by atoms with van der Waals surface area (Å²) in [6.45, 7) is 2.07. The highest BCUT2D eigenvalue weighted by Crippen LogP contribution is 2.33. The van der Waals surface area contributed by atoms with Crippen LogP contribution in [0.4, 0.5) is 5.69 Å². The Morgan fingerprint density at radius 3 is 2.43 bits per heavy atom. The van der Waals surface area contributed by atoms with Crippen molar-refractivity contribution in [3.8, 4) is 17.2 Å². The van der Waals surface area contributed by atoms with Crippen LogP contribution in [-0.2, 0) is 21.2 Å². The summed E-state index contributed by atoms with van der Waals surface area (Å²) >= 11 is 0. The van der Waals surface area contributed by atoms with E-state index in [4.69, 9.17) is 14.2 Å². The van der Waals surface area contributed by atoms with E-state index in [1.54, 1.807) is 32.4 Å². The third kappa shape index (κ3) is 5.19. The maximum atomic E-state index is 13.1. The molecule has 184 valence electrons. The molecule has 0 radical (unpaired) electrons. The lowest BCUT2D eigenvalue weighted by atomic mass is 10.1. The minimum atomic E-state index is -3.68. The van der Waals surface area contributed by atoms with Gasteiger partial charge in [0.05, 0.1) is 30.8 Å². The van der Waals surface area contributed by atoms with Crippen LogP contribution in [0, 0.1) is 0 Å². The molecule has 0 bridgehead atoms. The number of nitrogens with one attached hydrogen (secondary N) is 1. The van der Waals surface area contributed by atoms with Gasteiger partial charge in [0.1, 0.15) is 5.75 Å². The highest BCUT2D eigenvalue weighted by molar-refractivity contribution is 7.92. The number of sulfonamides is 1. The molecule has 1 aliphatic heterocycles. The average Bonchev–Trinajstić information content (AvgIpc) is 3.32. The van der Waals surface area contributed by atoms with E-state index in [-0.39, 0.29) is 23.5 Å². The number of carbonyl (C=O) groups excluding carboxylic acids is 1. The molecule has 0 unspecified atom stereocenters. The van der Waals surface area contributed by atoms with Gasteiger partial charge in [0.15, 0.2) is 18.1 Å². The van der Waals surface area contributed by atoms with E-state index in [2.05, 4.69) is 5.32 Å². The topological polar surface area (TPSA) is 94.2 Å². The van der Waals surface area contributed by atoms with Crippen molar-refractivity contribution >= 4 is 21.6 Å². The second-order valence-electron chi connectivity index (χ2n) is 8.12. The van der Waals surface area contributed by atoms with Crippen LogP contribution in [0.1, 0.15) is 24.1 Å². The zero-order valence-corrected chi connectivity index (χ0v) is 20.7. The van der Waals surface area contributed by atoms with Crippen molar-refractivity contribution in [3.05, 3.63) is 77.9 Å². The normalized spacial score (nSPS) is 13.6. The number of ether oxygens (including phenoxy) is 3. The number of nitrogens with zero attached hydrogens (tertiary/aromatic N) is 1. The van der Waals surface area contributed by atoms with Crippen molar-refractivity contribution < 1.29 is 27.4 Å². The van der Waals surface area contributed by atoms with Crippen molar-refractivity contribution in [2.45, 2.75) is 24.3 Å². The standard InChI is InChI=1S/C26H28N2O6S/c1-18(20-8-13-24(32-2)25(16-20)33-3)27-26(29)17-34-21-9-11-22(12-10-21)35(30,31)28-15-14-19-6-4-5-7-23(19)28/h4-13,16,18H,14-15,17H2,1-3H3,(H,27,29)/t18-/m1/s1. The van der Waals surface area contributed by atoms with Gasteiger partial charge in [0.25, 0.3) is 15.9 Å². The Morgan fingerprint density at radius 2 is 1.71 bits per heavy atom. The molecule has 35 heavy (non-hydrogen) atoms. The lowest BCUT2D eigenvalue weighted by molar-refractivity contribution is -0.123. The summed E-state index contributed by atoms with van der Waals surface area (Å²) in [6.07, 6.45) is 0.688. The second-order valence-corrected chi connectivity index (χ2v) is 9.98. The number of rotatable bonds is 9. The molecule has 1 aliphatic rings. The Hall–Kier alpha value is -3.72. The van der Waals surface area contributed by atoms with Gasteiger partial charge in [-0.15, -0.1) is 0 Å². The van der Waals surface area contributed by atoms with Gasteiger partial charge in [0, 0.05) is 6.54 Å². The molecule has 0 saturated heterocycles.